The van der Waals surface area contributed by atoms with E-state index in [0.29, 0.717) is 12.4 Å². The molecule has 0 heterocycles. The average Bonchev–Trinajstić information content (AvgIpc) is 2.57. The van der Waals surface area contributed by atoms with Crippen LogP contribution < -0.4 is 5.73 Å². The molecule has 3 nitrogen and oxygen atoms in total. The summed E-state index contributed by atoms with van der Waals surface area (Å²) in [6.07, 6.45) is 18.6. The molecule has 0 fully saturated rings. The molecule has 0 aromatic rings. The minimum atomic E-state index is -0.579. The summed E-state index contributed by atoms with van der Waals surface area (Å²) in [7, 11) is 0. The second-order valence-corrected chi connectivity index (χ2v) is 6.92. The van der Waals surface area contributed by atoms with Crippen LogP contribution in [-0.2, 0) is 9.53 Å². The van der Waals surface area contributed by atoms with E-state index >= 15 is 0 Å². The molecule has 0 saturated heterocycles. The van der Waals surface area contributed by atoms with Gasteiger partial charge < -0.3 is 10.5 Å². The van der Waals surface area contributed by atoms with E-state index in [9.17, 15) is 4.79 Å². The number of hydrogen-bond donors (Lipinski definition) is 2. The summed E-state index contributed by atoms with van der Waals surface area (Å²) in [6, 6.07) is -0.579. The van der Waals surface area contributed by atoms with E-state index < -0.39 is 6.04 Å². The molecule has 0 aromatic carbocycles. The summed E-state index contributed by atoms with van der Waals surface area (Å²) in [5.41, 5.74) is 5.53. The van der Waals surface area contributed by atoms with Crippen molar-refractivity contribution in [3.63, 3.8) is 0 Å². The zero-order valence-electron chi connectivity index (χ0n) is 15.2. The number of rotatable bonds is 17. The normalized spacial score (nSPS) is 11.8. The van der Waals surface area contributed by atoms with Gasteiger partial charge in [0.15, 0.2) is 0 Å². The number of ether oxygens (including phenoxy) is 1. The molecule has 0 bridgehead atoms. The van der Waals surface area contributed by atoms with Gasteiger partial charge >= 0.3 is 35.5 Å². The monoisotopic (exact) mass is 369 g/mol. The van der Waals surface area contributed by atoms with E-state index in [0.717, 1.165) is 12.8 Å². The van der Waals surface area contributed by atoms with Crippen molar-refractivity contribution in [3.8, 4) is 0 Å². The first kappa shape index (κ1) is 27.0. The molecule has 0 rings (SSSR count). The molecule has 5 heteroatoms. The van der Waals surface area contributed by atoms with Gasteiger partial charge in [-0.05, 0) is 6.42 Å². The van der Waals surface area contributed by atoms with Crippen molar-refractivity contribution in [2.75, 3.05) is 12.4 Å². The predicted molar refractivity (Wildman–Crippen MR) is 110 cm³/mol. The van der Waals surface area contributed by atoms with Crippen LogP contribution >= 0.6 is 12.6 Å². The van der Waals surface area contributed by atoms with E-state index in [1.54, 1.807) is 0 Å². The Hall–Kier alpha value is 0.780. The summed E-state index contributed by atoms with van der Waals surface area (Å²) >= 11 is 3.98. The standard InChI is InChI=1S/C19H39NO2S.Na.H/c1-2-3-4-5-6-7-8-9-10-11-12-13-14-15-16-22-19(21)18(20)17-23;;/h18,23H,2-17,20H2,1H3;;/t18-;;/m0../s1. The number of unbranched alkanes of at least 4 members (excludes halogenated alkanes) is 13. The van der Waals surface area contributed by atoms with Gasteiger partial charge in [-0.2, -0.15) is 12.6 Å². The van der Waals surface area contributed by atoms with Crippen molar-refractivity contribution in [1.82, 2.24) is 0 Å². The first-order valence-electron chi connectivity index (χ1n) is 9.75. The van der Waals surface area contributed by atoms with E-state index in [2.05, 4.69) is 19.6 Å². The predicted octanol–water partition coefficient (Wildman–Crippen LogP) is 4.62. The third-order valence-corrected chi connectivity index (χ3v) is 4.64. The molecule has 0 aromatic heterocycles. The van der Waals surface area contributed by atoms with Gasteiger partial charge in [-0.1, -0.05) is 90.4 Å². The van der Waals surface area contributed by atoms with Crippen molar-refractivity contribution >= 4 is 48.2 Å². The maximum atomic E-state index is 11.3. The zero-order valence-corrected chi connectivity index (χ0v) is 16.1. The van der Waals surface area contributed by atoms with Crippen LogP contribution in [0.2, 0.25) is 0 Å². The molecule has 1 atom stereocenters. The second-order valence-electron chi connectivity index (χ2n) is 6.55. The Morgan fingerprint density at radius 3 is 1.58 bits per heavy atom. The fourth-order valence-corrected chi connectivity index (χ4v) is 2.80. The van der Waals surface area contributed by atoms with Crippen LogP contribution in [0.15, 0.2) is 0 Å². The van der Waals surface area contributed by atoms with Gasteiger partial charge in [-0.25, -0.2) is 0 Å². The van der Waals surface area contributed by atoms with Gasteiger partial charge in [-0.3, -0.25) is 4.79 Å². The molecule has 140 valence electrons. The van der Waals surface area contributed by atoms with Crippen LogP contribution in [0.5, 0.6) is 0 Å². The number of carbonyl (C=O) groups excluding carboxylic acids is 1. The number of nitrogens with two attached hydrogens (primary N) is 1. The van der Waals surface area contributed by atoms with E-state index in [1.807, 2.05) is 0 Å². The Morgan fingerprint density at radius 1 is 0.833 bits per heavy atom. The molecule has 0 saturated carbocycles. The van der Waals surface area contributed by atoms with Crippen LogP contribution in [0.1, 0.15) is 96.8 Å². The van der Waals surface area contributed by atoms with Gasteiger partial charge in [0.2, 0.25) is 0 Å². The van der Waals surface area contributed by atoms with Crippen LogP contribution in [0.4, 0.5) is 0 Å². The molecular weight excluding hydrogens is 329 g/mol. The first-order chi connectivity index (χ1) is 11.2. The van der Waals surface area contributed by atoms with Crippen LogP contribution in [0, 0.1) is 0 Å². The Labute approximate surface area is 177 Å². The maximum absolute atomic E-state index is 11.3. The number of esters is 1. The Bertz CT molecular complexity index is 268. The van der Waals surface area contributed by atoms with Crippen LogP contribution in [0.25, 0.3) is 0 Å². The summed E-state index contributed by atoms with van der Waals surface area (Å²) < 4.78 is 5.09. The molecule has 24 heavy (non-hydrogen) atoms. The zero-order chi connectivity index (χ0) is 17.2. The van der Waals surface area contributed by atoms with E-state index in [4.69, 9.17) is 10.5 Å². The fraction of sp³-hybridized carbons (Fsp3) is 0.947. The summed E-state index contributed by atoms with van der Waals surface area (Å²) in [5, 5.41) is 0. The molecule has 0 unspecified atom stereocenters. The molecule has 0 spiro atoms. The van der Waals surface area contributed by atoms with Crippen molar-refractivity contribution in [3.05, 3.63) is 0 Å². The summed E-state index contributed by atoms with van der Waals surface area (Å²) in [4.78, 5) is 11.3. The van der Waals surface area contributed by atoms with E-state index in [1.165, 1.54) is 77.0 Å². The average molecular weight is 370 g/mol. The Kier molecular flexibility index (Phi) is 24.6. The molecule has 0 amide bonds. The SMILES string of the molecule is CCCCCCCCCCCCCCCCOC(=O)[C@@H](N)CS.[NaH]. The summed E-state index contributed by atoms with van der Waals surface area (Å²) in [5.74, 6) is 0.0205. The number of thiol groups is 1. The first-order valence-corrected chi connectivity index (χ1v) is 10.4. The van der Waals surface area contributed by atoms with Crippen LogP contribution in [0.3, 0.4) is 0 Å². The molecule has 0 aliphatic carbocycles. The molecule has 2 N–H and O–H groups in total. The Morgan fingerprint density at radius 2 is 1.21 bits per heavy atom. The van der Waals surface area contributed by atoms with Gasteiger partial charge in [0.25, 0.3) is 0 Å². The van der Waals surface area contributed by atoms with Crippen molar-refractivity contribution in [2.24, 2.45) is 5.73 Å². The van der Waals surface area contributed by atoms with Gasteiger partial charge in [-0.15, -0.1) is 0 Å². The molecule has 0 radical (unpaired) electrons. The second kappa shape index (κ2) is 21.8. The fourth-order valence-electron chi connectivity index (χ4n) is 2.65. The third kappa shape index (κ3) is 19.1. The molecule has 0 aliphatic rings. The quantitative estimate of drug-likeness (QED) is 0.170. The van der Waals surface area contributed by atoms with Crippen LogP contribution in [-0.4, -0.2) is 53.9 Å². The van der Waals surface area contributed by atoms with Gasteiger partial charge in [0, 0.05) is 5.75 Å². The molecular formula is C19H40NNaO2S. The topological polar surface area (TPSA) is 52.3 Å². The van der Waals surface area contributed by atoms with Crippen molar-refractivity contribution < 1.29 is 9.53 Å². The minimum absolute atomic E-state index is 0. The van der Waals surface area contributed by atoms with E-state index in [-0.39, 0.29) is 35.5 Å². The summed E-state index contributed by atoms with van der Waals surface area (Å²) in [6.45, 7) is 2.77. The van der Waals surface area contributed by atoms with Crippen molar-refractivity contribution in [2.45, 2.75) is 103 Å². The van der Waals surface area contributed by atoms with Crippen molar-refractivity contribution in [1.29, 1.82) is 0 Å². The number of carbonyl (C=O) groups is 1. The molecule has 0 aliphatic heterocycles. The Balaban J connectivity index is 0. The van der Waals surface area contributed by atoms with Gasteiger partial charge in [0.1, 0.15) is 6.04 Å². The van der Waals surface area contributed by atoms with Gasteiger partial charge in [0.05, 0.1) is 6.61 Å². The number of hydrogen-bond acceptors (Lipinski definition) is 4. The third-order valence-electron chi connectivity index (χ3n) is 4.24.